The van der Waals surface area contributed by atoms with Gasteiger partial charge in [-0.3, -0.25) is 0 Å². The van der Waals surface area contributed by atoms with Gasteiger partial charge in [0.05, 0.1) is 10.9 Å². The van der Waals surface area contributed by atoms with Crippen molar-refractivity contribution < 1.29 is 19.0 Å². The Labute approximate surface area is 144 Å². The summed E-state index contributed by atoms with van der Waals surface area (Å²) in [6, 6.07) is 14.1. The highest BCUT2D eigenvalue weighted by molar-refractivity contribution is 5.85. The Morgan fingerprint density at radius 2 is 1.88 bits per heavy atom. The SMILES string of the molecule is CO[C@]1(C)C[C@H](c2ccc(O)cc2)c2c(c3ccccc3oc2=O)O1. The third-order valence-electron chi connectivity index (χ3n) is 4.77. The topological polar surface area (TPSA) is 68.9 Å². The van der Waals surface area contributed by atoms with Crippen molar-refractivity contribution in [2.45, 2.75) is 25.0 Å². The monoisotopic (exact) mass is 338 g/mol. The molecule has 5 heteroatoms. The number of benzene rings is 2. The highest BCUT2D eigenvalue weighted by Crippen LogP contribution is 2.46. The highest BCUT2D eigenvalue weighted by Gasteiger charge is 2.41. The fourth-order valence-corrected chi connectivity index (χ4v) is 3.39. The van der Waals surface area contributed by atoms with Gasteiger partial charge in [-0.2, -0.15) is 0 Å². The number of rotatable bonds is 2. The predicted molar refractivity (Wildman–Crippen MR) is 93.1 cm³/mol. The van der Waals surface area contributed by atoms with Crippen LogP contribution in [-0.4, -0.2) is 18.0 Å². The summed E-state index contributed by atoms with van der Waals surface area (Å²) in [6.07, 6.45) is 0.463. The maximum atomic E-state index is 12.7. The minimum absolute atomic E-state index is 0.177. The first-order valence-corrected chi connectivity index (χ1v) is 8.09. The summed E-state index contributed by atoms with van der Waals surface area (Å²) < 4.78 is 17.2. The van der Waals surface area contributed by atoms with Gasteiger partial charge in [0.2, 0.25) is 5.79 Å². The average molecular weight is 338 g/mol. The molecule has 0 saturated carbocycles. The molecule has 4 rings (SSSR count). The standard InChI is InChI=1S/C20H18O5/c1-20(23-2)11-15(12-7-9-13(21)10-8-12)17-18(25-20)14-5-3-4-6-16(14)24-19(17)22/h3-10,15,21H,11H2,1-2H3/t15-,20+/m1/s1. The second-order valence-corrected chi connectivity index (χ2v) is 6.42. The lowest BCUT2D eigenvalue weighted by molar-refractivity contribution is -0.163. The lowest BCUT2D eigenvalue weighted by Gasteiger charge is -2.38. The summed E-state index contributed by atoms with van der Waals surface area (Å²) in [5.74, 6) is -0.446. The molecule has 5 nitrogen and oxygen atoms in total. The molecular formula is C20H18O5. The van der Waals surface area contributed by atoms with E-state index >= 15 is 0 Å². The number of ether oxygens (including phenoxy) is 2. The molecule has 2 atom stereocenters. The van der Waals surface area contributed by atoms with E-state index in [0.29, 0.717) is 23.3 Å². The summed E-state index contributed by atoms with van der Waals surface area (Å²) in [6.45, 7) is 1.85. The Kier molecular flexibility index (Phi) is 3.54. The van der Waals surface area contributed by atoms with Crippen LogP contribution in [0.15, 0.2) is 57.7 Å². The van der Waals surface area contributed by atoms with E-state index in [-0.39, 0.29) is 11.7 Å². The second-order valence-electron chi connectivity index (χ2n) is 6.42. The lowest BCUT2D eigenvalue weighted by Crippen LogP contribution is -2.41. The first kappa shape index (κ1) is 15.7. The molecule has 1 N–H and O–H groups in total. The summed E-state index contributed by atoms with van der Waals surface area (Å²) in [5, 5.41) is 10.3. The number of aromatic hydroxyl groups is 1. The average Bonchev–Trinajstić information content (AvgIpc) is 2.62. The Bertz CT molecular complexity index is 989. The van der Waals surface area contributed by atoms with Crippen LogP contribution in [-0.2, 0) is 4.74 Å². The largest absolute Gasteiger partial charge is 0.508 e. The van der Waals surface area contributed by atoms with Crippen LogP contribution in [0.4, 0.5) is 0 Å². The van der Waals surface area contributed by atoms with Crippen molar-refractivity contribution in [3.05, 3.63) is 70.1 Å². The molecule has 128 valence electrons. The molecule has 0 unspecified atom stereocenters. The Morgan fingerprint density at radius 3 is 2.60 bits per heavy atom. The lowest BCUT2D eigenvalue weighted by atomic mass is 9.83. The Morgan fingerprint density at radius 1 is 1.16 bits per heavy atom. The maximum Gasteiger partial charge on any atom is 0.343 e. The molecule has 0 fully saturated rings. The summed E-state index contributed by atoms with van der Waals surface area (Å²) >= 11 is 0. The first-order chi connectivity index (χ1) is 12.0. The second kappa shape index (κ2) is 5.63. The molecule has 1 aliphatic rings. The van der Waals surface area contributed by atoms with Crippen LogP contribution in [0.3, 0.4) is 0 Å². The third-order valence-corrected chi connectivity index (χ3v) is 4.77. The van der Waals surface area contributed by atoms with E-state index < -0.39 is 11.4 Å². The van der Waals surface area contributed by atoms with Crippen LogP contribution >= 0.6 is 0 Å². The van der Waals surface area contributed by atoms with Crippen LogP contribution in [0.5, 0.6) is 11.5 Å². The van der Waals surface area contributed by atoms with Gasteiger partial charge in [0.15, 0.2) is 0 Å². The molecule has 3 aromatic rings. The van der Waals surface area contributed by atoms with Crippen molar-refractivity contribution >= 4 is 11.0 Å². The van der Waals surface area contributed by atoms with Crippen molar-refractivity contribution in [1.82, 2.24) is 0 Å². The van der Waals surface area contributed by atoms with E-state index in [1.807, 2.05) is 25.1 Å². The number of phenols is 1. The number of fused-ring (bicyclic) bond motifs is 3. The van der Waals surface area contributed by atoms with Gasteiger partial charge >= 0.3 is 5.63 Å². The van der Waals surface area contributed by atoms with Gasteiger partial charge in [0.25, 0.3) is 0 Å². The van der Waals surface area contributed by atoms with Gasteiger partial charge in [-0.15, -0.1) is 0 Å². The van der Waals surface area contributed by atoms with Crippen LogP contribution < -0.4 is 10.4 Å². The van der Waals surface area contributed by atoms with Crippen molar-refractivity contribution in [3.8, 4) is 11.5 Å². The zero-order chi connectivity index (χ0) is 17.6. The smallest absolute Gasteiger partial charge is 0.343 e. The number of phenolic OH excluding ortho intramolecular Hbond substituents is 1. The zero-order valence-electron chi connectivity index (χ0n) is 14.0. The fourth-order valence-electron chi connectivity index (χ4n) is 3.39. The molecule has 0 radical (unpaired) electrons. The van der Waals surface area contributed by atoms with Crippen molar-refractivity contribution in [2.75, 3.05) is 7.11 Å². The summed E-state index contributed by atoms with van der Waals surface area (Å²) in [7, 11) is 1.59. The first-order valence-electron chi connectivity index (χ1n) is 8.09. The summed E-state index contributed by atoms with van der Waals surface area (Å²) in [4.78, 5) is 12.7. The van der Waals surface area contributed by atoms with Gasteiger partial charge in [0, 0.05) is 26.4 Å². The summed E-state index contributed by atoms with van der Waals surface area (Å²) in [5.41, 5.74) is 1.45. The van der Waals surface area contributed by atoms with E-state index in [2.05, 4.69) is 0 Å². The number of methoxy groups -OCH3 is 1. The molecule has 1 aliphatic heterocycles. The van der Waals surface area contributed by atoms with Crippen LogP contribution in [0.2, 0.25) is 0 Å². The third kappa shape index (κ3) is 2.57. The molecule has 2 heterocycles. The minimum Gasteiger partial charge on any atom is -0.508 e. The molecule has 0 spiro atoms. The van der Waals surface area contributed by atoms with Crippen molar-refractivity contribution in [1.29, 1.82) is 0 Å². The van der Waals surface area contributed by atoms with Crippen LogP contribution in [0.25, 0.3) is 11.0 Å². The highest BCUT2D eigenvalue weighted by atomic mass is 16.7. The van der Waals surface area contributed by atoms with Crippen molar-refractivity contribution in [2.24, 2.45) is 0 Å². The number of hydrogen-bond donors (Lipinski definition) is 1. The number of hydrogen-bond acceptors (Lipinski definition) is 5. The molecule has 2 aromatic carbocycles. The molecule has 0 saturated heterocycles. The molecule has 25 heavy (non-hydrogen) atoms. The number of para-hydroxylation sites is 1. The van der Waals surface area contributed by atoms with Crippen LogP contribution in [0, 0.1) is 0 Å². The molecule has 1 aromatic heterocycles. The van der Waals surface area contributed by atoms with E-state index in [9.17, 15) is 9.90 Å². The molecular weight excluding hydrogens is 320 g/mol. The van der Waals surface area contributed by atoms with Gasteiger partial charge in [0.1, 0.15) is 17.1 Å². The molecule has 0 bridgehead atoms. The molecule has 0 aliphatic carbocycles. The van der Waals surface area contributed by atoms with Crippen molar-refractivity contribution in [3.63, 3.8) is 0 Å². The normalized spacial score (nSPS) is 22.4. The van der Waals surface area contributed by atoms with E-state index in [1.54, 1.807) is 37.4 Å². The molecule has 0 amide bonds. The van der Waals surface area contributed by atoms with E-state index in [0.717, 1.165) is 10.9 Å². The van der Waals surface area contributed by atoms with E-state index in [4.69, 9.17) is 13.9 Å². The van der Waals surface area contributed by atoms with Gasteiger partial charge in [-0.25, -0.2) is 4.79 Å². The maximum absolute atomic E-state index is 12.7. The Hall–Kier alpha value is -2.79. The predicted octanol–water partition coefficient (Wildman–Crippen LogP) is 3.78. The fraction of sp³-hybridized carbons (Fsp3) is 0.250. The van der Waals surface area contributed by atoms with Gasteiger partial charge < -0.3 is 19.0 Å². The minimum atomic E-state index is -0.869. The van der Waals surface area contributed by atoms with E-state index in [1.165, 1.54) is 0 Å². The quantitative estimate of drug-likeness (QED) is 0.720. The van der Waals surface area contributed by atoms with Gasteiger partial charge in [-0.1, -0.05) is 24.3 Å². The zero-order valence-corrected chi connectivity index (χ0v) is 14.0. The Balaban J connectivity index is 2.00. The van der Waals surface area contributed by atoms with Crippen LogP contribution in [0.1, 0.15) is 30.4 Å². The van der Waals surface area contributed by atoms with Gasteiger partial charge in [-0.05, 0) is 29.8 Å².